The molecule has 0 atom stereocenters. The van der Waals surface area contributed by atoms with Crippen LogP contribution in [-0.2, 0) is 16.6 Å². The molecule has 0 saturated carbocycles. The molecule has 0 amide bonds. The van der Waals surface area contributed by atoms with Crippen LogP contribution in [0.2, 0.25) is 0 Å². The van der Waals surface area contributed by atoms with E-state index in [0.29, 0.717) is 12.3 Å². The van der Waals surface area contributed by atoms with E-state index in [0.717, 1.165) is 16.6 Å². The molecule has 2 heterocycles. The highest BCUT2D eigenvalue weighted by molar-refractivity contribution is 7.89. The van der Waals surface area contributed by atoms with Crippen LogP contribution in [-0.4, -0.2) is 18.6 Å². The zero-order valence-corrected chi connectivity index (χ0v) is 11.1. The summed E-state index contributed by atoms with van der Waals surface area (Å²) in [6, 6.07) is 8.64. The second-order valence-electron chi connectivity index (χ2n) is 4.29. The van der Waals surface area contributed by atoms with Crippen LogP contribution < -0.4 is 10.5 Å². The van der Waals surface area contributed by atoms with Gasteiger partial charge >= 0.3 is 0 Å². The molecule has 3 rings (SSSR count). The van der Waals surface area contributed by atoms with Gasteiger partial charge in [0.15, 0.2) is 0 Å². The maximum Gasteiger partial charge on any atom is 0.271 e. The highest BCUT2D eigenvalue weighted by Crippen LogP contribution is 2.18. The Labute approximate surface area is 114 Å². The third-order valence-corrected chi connectivity index (χ3v) is 3.60. The fourth-order valence-corrected chi connectivity index (χ4v) is 2.33. The molecule has 1 aromatic carbocycles. The number of nitrogens with zero attached hydrogens (tertiary/aromatic N) is 1. The van der Waals surface area contributed by atoms with E-state index in [1.54, 1.807) is 12.3 Å². The summed E-state index contributed by atoms with van der Waals surface area (Å²) in [5.74, 6) is 0.487. The second-order valence-corrected chi connectivity index (χ2v) is 5.78. The predicted molar refractivity (Wildman–Crippen MR) is 73.5 cm³/mol. The monoisotopic (exact) mass is 292 g/mol. The van der Waals surface area contributed by atoms with Gasteiger partial charge < -0.3 is 9.73 Å². The van der Waals surface area contributed by atoms with Gasteiger partial charge in [-0.1, -0.05) is 0 Å². The van der Waals surface area contributed by atoms with Gasteiger partial charge in [0, 0.05) is 11.1 Å². The van der Waals surface area contributed by atoms with Crippen molar-refractivity contribution in [3.8, 4) is 0 Å². The molecule has 0 saturated heterocycles. The topological polar surface area (TPSA) is 114 Å². The number of aromatic nitrogens is 2. The van der Waals surface area contributed by atoms with Crippen LogP contribution in [0.1, 0.15) is 5.76 Å². The summed E-state index contributed by atoms with van der Waals surface area (Å²) in [7, 11) is -3.79. The van der Waals surface area contributed by atoms with Crippen molar-refractivity contribution in [3.63, 3.8) is 0 Å². The molecule has 7 nitrogen and oxygen atoms in total. The first-order valence-electron chi connectivity index (χ1n) is 5.81. The lowest BCUT2D eigenvalue weighted by atomic mass is 10.2. The van der Waals surface area contributed by atoms with Crippen LogP contribution in [0.5, 0.6) is 0 Å². The minimum atomic E-state index is -3.79. The second kappa shape index (κ2) is 4.66. The van der Waals surface area contributed by atoms with Crippen LogP contribution in [0.3, 0.4) is 0 Å². The van der Waals surface area contributed by atoms with E-state index in [2.05, 4.69) is 15.5 Å². The summed E-state index contributed by atoms with van der Waals surface area (Å²) in [6.45, 7) is 0.360. The molecule has 4 N–H and O–H groups in total. The zero-order chi connectivity index (χ0) is 14.2. The number of primary sulfonamides is 1. The molecule has 0 bridgehead atoms. The molecule has 0 fully saturated rings. The fourth-order valence-electron chi connectivity index (χ4n) is 1.85. The van der Waals surface area contributed by atoms with Crippen molar-refractivity contribution in [2.75, 3.05) is 5.32 Å². The van der Waals surface area contributed by atoms with E-state index in [1.807, 2.05) is 18.2 Å². The summed E-state index contributed by atoms with van der Waals surface area (Å²) in [5, 5.41) is 15.7. The van der Waals surface area contributed by atoms with E-state index < -0.39 is 10.0 Å². The molecule has 2 aromatic heterocycles. The molecule has 20 heavy (non-hydrogen) atoms. The number of sulfonamides is 1. The van der Waals surface area contributed by atoms with Gasteiger partial charge in [0.2, 0.25) is 5.09 Å². The highest BCUT2D eigenvalue weighted by Gasteiger charge is 2.12. The lowest BCUT2D eigenvalue weighted by molar-refractivity contribution is 0.419. The smallest absolute Gasteiger partial charge is 0.271 e. The molecule has 0 aliphatic carbocycles. The quantitative estimate of drug-likeness (QED) is 0.672. The lowest BCUT2D eigenvalue weighted by Crippen LogP contribution is -2.10. The van der Waals surface area contributed by atoms with Crippen molar-refractivity contribution in [2.24, 2.45) is 5.14 Å². The number of hydrogen-bond acceptors (Lipinski definition) is 5. The highest BCUT2D eigenvalue weighted by atomic mass is 32.2. The fraction of sp³-hybridized carbons (Fsp3) is 0.0833. The SMILES string of the molecule is NS(=O)(=O)c1ccc(CNc2ccc3[nH]ncc3c2)o1. The van der Waals surface area contributed by atoms with Crippen molar-refractivity contribution in [1.29, 1.82) is 0 Å². The Morgan fingerprint density at radius 2 is 2.15 bits per heavy atom. The first-order chi connectivity index (χ1) is 9.52. The van der Waals surface area contributed by atoms with E-state index in [-0.39, 0.29) is 5.09 Å². The number of benzene rings is 1. The molecule has 3 aromatic rings. The third kappa shape index (κ3) is 2.51. The summed E-state index contributed by atoms with van der Waals surface area (Å²) < 4.78 is 27.3. The van der Waals surface area contributed by atoms with E-state index in [9.17, 15) is 8.42 Å². The Morgan fingerprint density at radius 3 is 2.90 bits per heavy atom. The van der Waals surface area contributed by atoms with Gasteiger partial charge in [0.1, 0.15) is 5.76 Å². The Morgan fingerprint density at radius 1 is 1.30 bits per heavy atom. The Hall–Kier alpha value is -2.32. The Kier molecular flexibility index (Phi) is 2.96. The molecule has 0 unspecified atom stereocenters. The van der Waals surface area contributed by atoms with Crippen molar-refractivity contribution in [3.05, 3.63) is 42.3 Å². The van der Waals surface area contributed by atoms with Gasteiger partial charge in [-0.25, -0.2) is 13.6 Å². The lowest BCUT2D eigenvalue weighted by Gasteiger charge is -2.04. The number of hydrogen-bond donors (Lipinski definition) is 3. The number of nitrogens with two attached hydrogens (primary N) is 1. The Balaban J connectivity index is 1.74. The third-order valence-electron chi connectivity index (χ3n) is 2.82. The van der Waals surface area contributed by atoms with Gasteiger partial charge in [-0.05, 0) is 30.3 Å². The summed E-state index contributed by atoms with van der Waals surface area (Å²) in [6.07, 6.45) is 1.73. The minimum absolute atomic E-state index is 0.236. The van der Waals surface area contributed by atoms with Crippen LogP contribution in [0.15, 0.2) is 46.0 Å². The average molecular weight is 292 g/mol. The van der Waals surface area contributed by atoms with E-state index in [4.69, 9.17) is 9.56 Å². The normalized spacial score (nSPS) is 11.8. The number of anilines is 1. The first kappa shape index (κ1) is 12.7. The molecule has 8 heteroatoms. The summed E-state index contributed by atoms with van der Waals surface area (Å²) in [5.41, 5.74) is 1.83. The van der Waals surface area contributed by atoms with Crippen molar-refractivity contribution in [1.82, 2.24) is 10.2 Å². The Bertz CT molecular complexity index is 850. The van der Waals surface area contributed by atoms with Crippen LogP contribution >= 0.6 is 0 Å². The summed E-state index contributed by atoms with van der Waals surface area (Å²) in [4.78, 5) is 0. The van der Waals surface area contributed by atoms with Gasteiger partial charge in [-0.3, -0.25) is 5.10 Å². The largest absolute Gasteiger partial charge is 0.446 e. The summed E-state index contributed by atoms with van der Waals surface area (Å²) >= 11 is 0. The molecule has 0 aliphatic heterocycles. The number of rotatable bonds is 4. The van der Waals surface area contributed by atoms with Crippen LogP contribution in [0, 0.1) is 0 Å². The van der Waals surface area contributed by atoms with Gasteiger partial charge in [0.25, 0.3) is 10.0 Å². The number of aromatic amines is 1. The van der Waals surface area contributed by atoms with Crippen molar-refractivity contribution < 1.29 is 12.8 Å². The van der Waals surface area contributed by atoms with Crippen molar-refractivity contribution >= 4 is 26.6 Å². The van der Waals surface area contributed by atoms with E-state index >= 15 is 0 Å². The zero-order valence-electron chi connectivity index (χ0n) is 10.3. The molecular formula is C12H12N4O3S. The molecular weight excluding hydrogens is 280 g/mol. The number of nitrogens with one attached hydrogen (secondary N) is 2. The number of furan rings is 1. The van der Waals surface area contributed by atoms with Crippen LogP contribution in [0.25, 0.3) is 10.9 Å². The molecule has 104 valence electrons. The van der Waals surface area contributed by atoms with Gasteiger partial charge in [-0.2, -0.15) is 5.10 Å². The van der Waals surface area contributed by atoms with Gasteiger partial charge in [-0.15, -0.1) is 0 Å². The average Bonchev–Trinajstić information content (AvgIpc) is 3.04. The molecule has 0 radical (unpaired) electrons. The minimum Gasteiger partial charge on any atom is -0.446 e. The molecule has 0 aliphatic rings. The predicted octanol–water partition coefficient (Wildman–Crippen LogP) is 1.42. The number of fused-ring (bicyclic) bond motifs is 1. The van der Waals surface area contributed by atoms with Gasteiger partial charge in [0.05, 0.1) is 18.3 Å². The first-order valence-corrected chi connectivity index (χ1v) is 7.35. The maximum atomic E-state index is 11.1. The van der Waals surface area contributed by atoms with E-state index in [1.165, 1.54) is 6.07 Å². The van der Waals surface area contributed by atoms with Crippen molar-refractivity contribution in [2.45, 2.75) is 11.6 Å². The number of H-pyrrole nitrogens is 1. The maximum absolute atomic E-state index is 11.1. The standard InChI is InChI=1S/C12H12N4O3S/c13-20(17,18)12-4-2-10(19-12)7-14-9-1-3-11-8(5-9)6-15-16-11/h1-6,14H,7H2,(H,15,16)(H2,13,17,18). The van der Waals surface area contributed by atoms with Crippen LogP contribution in [0.4, 0.5) is 5.69 Å². The molecule has 0 spiro atoms.